The Hall–Kier alpha value is -1.56. The van der Waals surface area contributed by atoms with Crippen molar-refractivity contribution in [1.29, 1.82) is 0 Å². The van der Waals surface area contributed by atoms with Gasteiger partial charge < -0.3 is 0 Å². The summed E-state index contributed by atoms with van der Waals surface area (Å²) in [5.41, 5.74) is 8.89. The van der Waals surface area contributed by atoms with Crippen LogP contribution in [-0.4, -0.2) is 0 Å². The number of hydrogen-bond donors (Lipinski definition) is 0. The first-order valence-electron chi connectivity index (χ1n) is 9.40. The van der Waals surface area contributed by atoms with E-state index < -0.39 is 0 Å². The Morgan fingerprint density at radius 3 is 1.04 bits per heavy atom. The van der Waals surface area contributed by atoms with Gasteiger partial charge >= 0.3 is 0 Å². The molecule has 23 heavy (non-hydrogen) atoms. The minimum Gasteiger partial charge on any atom is -0.0645 e. The van der Waals surface area contributed by atoms with Crippen LogP contribution < -0.4 is 0 Å². The SMILES string of the molecule is CCc1cc(CC)cc(C(CC)c2cc(CC)cc(CC)c2)c1. The fraction of sp³-hybridized carbons (Fsp3) is 0.478. The molecule has 0 saturated heterocycles. The summed E-state index contributed by atoms with van der Waals surface area (Å²) in [6.45, 7) is 11.3. The first-order chi connectivity index (χ1) is 11.1. The van der Waals surface area contributed by atoms with Crippen LogP contribution in [0.25, 0.3) is 0 Å². The van der Waals surface area contributed by atoms with Crippen molar-refractivity contribution in [3.63, 3.8) is 0 Å². The summed E-state index contributed by atoms with van der Waals surface area (Å²) in [7, 11) is 0. The van der Waals surface area contributed by atoms with E-state index in [1.807, 2.05) is 0 Å². The van der Waals surface area contributed by atoms with Crippen molar-refractivity contribution in [2.45, 2.75) is 72.6 Å². The van der Waals surface area contributed by atoms with E-state index in [4.69, 9.17) is 0 Å². The Morgan fingerprint density at radius 2 is 0.826 bits per heavy atom. The van der Waals surface area contributed by atoms with Crippen LogP contribution >= 0.6 is 0 Å². The highest BCUT2D eigenvalue weighted by Crippen LogP contribution is 2.31. The Kier molecular flexibility index (Phi) is 6.45. The van der Waals surface area contributed by atoms with E-state index in [0.29, 0.717) is 5.92 Å². The van der Waals surface area contributed by atoms with Crippen molar-refractivity contribution in [1.82, 2.24) is 0 Å². The van der Waals surface area contributed by atoms with Gasteiger partial charge in [0.15, 0.2) is 0 Å². The fourth-order valence-electron chi connectivity index (χ4n) is 3.47. The van der Waals surface area contributed by atoms with Gasteiger partial charge in [-0.2, -0.15) is 0 Å². The molecule has 0 amide bonds. The number of hydrogen-bond acceptors (Lipinski definition) is 0. The molecule has 0 heteroatoms. The first kappa shape index (κ1) is 17.8. The molecule has 0 saturated carbocycles. The molecule has 0 unspecified atom stereocenters. The fourth-order valence-corrected chi connectivity index (χ4v) is 3.47. The second-order valence-electron chi connectivity index (χ2n) is 6.54. The normalized spacial score (nSPS) is 11.2. The van der Waals surface area contributed by atoms with Crippen LogP contribution in [0.5, 0.6) is 0 Å². The van der Waals surface area contributed by atoms with Gasteiger partial charge in [0.2, 0.25) is 0 Å². The highest BCUT2D eigenvalue weighted by molar-refractivity contribution is 5.41. The molecule has 0 nitrogen and oxygen atoms in total. The molecule has 0 N–H and O–H groups in total. The van der Waals surface area contributed by atoms with Crippen LogP contribution in [0.4, 0.5) is 0 Å². The van der Waals surface area contributed by atoms with E-state index >= 15 is 0 Å². The zero-order valence-corrected chi connectivity index (χ0v) is 15.6. The summed E-state index contributed by atoms with van der Waals surface area (Å²) in [6.07, 6.45) is 5.63. The number of benzene rings is 2. The predicted octanol–water partition coefficient (Wildman–Crippen LogP) is 6.48. The van der Waals surface area contributed by atoms with Crippen molar-refractivity contribution in [2.75, 3.05) is 0 Å². The Balaban J connectivity index is 2.51. The van der Waals surface area contributed by atoms with Crippen LogP contribution in [0.3, 0.4) is 0 Å². The zero-order valence-electron chi connectivity index (χ0n) is 15.6. The van der Waals surface area contributed by atoms with Gasteiger partial charge in [0, 0.05) is 5.92 Å². The smallest absolute Gasteiger partial charge is 0.00871 e. The molecule has 2 aromatic carbocycles. The molecular formula is C23H32. The standard InChI is InChI=1S/C23H32/c1-6-17-11-18(7-2)14-21(13-17)23(10-5)22-15-19(8-3)12-20(9-4)16-22/h11-16,23H,6-10H2,1-5H3. The van der Waals surface area contributed by atoms with Gasteiger partial charge in [0.1, 0.15) is 0 Å². The lowest BCUT2D eigenvalue weighted by atomic mass is 9.85. The van der Waals surface area contributed by atoms with Crippen LogP contribution in [0.1, 0.15) is 80.3 Å². The molecule has 0 aliphatic rings. The van der Waals surface area contributed by atoms with E-state index in [9.17, 15) is 0 Å². The summed E-state index contributed by atoms with van der Waals surface area (Å²) in [5, 5.41) is 0. The molecule has 0 radical (unpaired) electrons. The molecule has 0 aliphatic carbocycles. The van der Waals surface area contributed by atoms with E-state index in [2.05, 4.69) is 71.0 Å². The molecule has 0 heterocycles. The lowest BCUT2D eigenvalue weighted by Crippen LogP contribution is -2.04. The largest absolute Gasteiger partial charge is 0.0645 e. The Bertz CT molecular complexity index is 536. The maximum Gasteiger partial charge on any atom is 0.00871 e. The van der Waals surface area contributed by atoms with E-state index in [1.165, 1.54) is 33.4 Å². The summed E-state index contributed by atoms with van der Waals surface area (Å²) in [5.74, 6) is 0.517. The zero-order chi connectivity index (χ0) is 16.8. The summed E-state index contributed by atoms with van der Waals surface area (Å²) < 4.78 is 0. The van der Waals surface area contributed by atoms with Crippen LogP contribution in [0, 0.1) is 0 Å². The number of rotatable bonds is 7. The lowest BCUT2D eigenvalue weighted by molar-refractivity contribution is 0.769. The Morgan fingerprint density at radius 1 is 0.522 bits per heavy atom. The first-order valence-corrected chi connectivity index (χ1v) is 9.40. The molecule has 0 fully saturated rings. The highest BCUT2D eigenvalue weighted by Gasteiger charge is 2.15. The maximum absolute atomic E-state index is 2.43. The van der Waals surface area contributed by atoms with E-state index in [1.54, 1.807) is 0 Å². The molecular weight excluding hydrogens is 276 g/mol. The predicted molar refractivity (Wildman–Crippen MR) is 103 cm³/mol. The van der Waals surface area contributed by atoms with Gasteiger partial charge in [-0.3, -0.25) is 0 Å². The average Bonchev–Trinajstić information content (AvgIpc) is 2.61. The van der Waals surface area contributed by atoms with Gasteiger partial charge in [-0.05, 0) is 65.5 Å². The average molecular weight is 309 g/mol. The Labute approximate surface area is 143 Å². The van der Waals surface area contributed by atoms with Gasteiger partial charge in [-0.1, -0.05) is 71.0 Å². The molecule has 0 bridgehead atoms. The second-order valence-corrected chi connectivity index (χ2v) is 6.54. The van der Waals surface area contributed by atoms with Crippen LogP contribution in [0.2, 0.25) is 0 Å². The molecule has 0 aromatic heterocycles. The highest BCUT2D eigenvalue weighted by atomic mass is 14.2. The van der Waals surface area contributed by atoms with Crippen molar-refractivity contribution >= 4 is 0 Å². The maximum atomic E-state index is 2.43. The molecule has 2 aromatic rings. The summed E-state index contributed by atoms with van der Waals surface area (Å²) >= 11 is 0. The second kappa shape index (κ2) is 8.34. The van der Waals surface area contributed by atoms with Crippen molar-refractivity contribution in [3.8, 4) is 0 Å². The molecule has 0 spiro atoms. The topological polar surface area (TPSA) is 0 Å². The van der Waals surface area contributed by atoms with Gasteiger partial charge in [-0.25, -0.2) is 0 Å². The van der Waals surface area contributed by atoms with Gasteiger partial charge in [-0.15, -0.1) is 0 Å². The van der Waals surface area contributed by atoms with Gasteiger partial charge in [0.05, 0.1) is 0 Å². The van der Waals surface area contributed by atoms with Crippen molar-refractivity contribution < 1.29 is 0 Å². The lowest BCUT2D eigenvalue weighted by Gasteiger charge is -2.20. The van der Waals surface area contributed by atoms with Gasteiger partial charge in [0.25, 0.3) is 0 Å². The van der Waals surface area contributed by atoms with Crippen molar-refractivity contribution in [3.05, 3.63) is 69.8 Å². The quantitative estimate of drug-likeness (QED) is 0.549. The number of aryl methyl sites for hydroxylation is 4. The van der Waals surface area contributed by atoms with E-state index in [-0.39, 0.29) is 0 Å². The third-order valence-corrected chi connectivity index (χ3v) is 5.00. The van der Waals surface area contributed by atoms with Crippen LogP contribution in [-0.2, 0) is 25.7 Å². The van der Waals surface area contributed by atoms with Crippen molar-refractivity contribution in [2.24, 2.45) is 0 Å². The van der Waals surface area contributed by atoms with E-state index in [0.717, 1.165) is 32.1 Å². The third-order valence-electron chi connectivity index (χ3n) is 5.00. The molecule has 2 rings (SSSR count). The monoisotopic (exact) mass is 308 g/mol. The third kappa shape index (κ3) is 4.25. The minimum atomic E-state index is 0.517. The molecule has 124 valence electrons. The molecule has 0 atom stereocenters. The van der Waals surface area contributed by atoms with Crippen LogP contribution in [0.15, 0.2) is 36.4 Å². The summed E-state index contributed by atoms with van der Waals surface area (Å²) in [6, 6.07) is 14.5. The molecule has 0 aliphatic heterocycles. The minimum absolute atomic E-state index is 0.517. The summed E-state index contributed by atoms with van der Waals surface area (Å²) in [4.78, 5) is 0.